The number of carbonyl (C=O) groups is 1. The molecule has 0 saturated carbocycles. The first-order chi connectivity index (χ1) is 13.2. The lowest BCUT2D eigenvalue weighted by Crippen LogP contribution is -2.24. The number of amides is 1. The van der Waals surface area contributed by atoms with Gasteiger partial charge in [0, 0.05) is 29.0 Å². The molecule has 1 aromatic carbocycles. The maximum atomic E-state index is 13.2. The van der Waals surface area contributed by atoms with E-state index in [1.807, 2.05) is 22.2 Å². The van der Waals surface area contributed by atoms with Gasteiger partial charge in [-0.1, -0.05) is 0 Å². The minimum absolute atomic E-state index is 0.203. The number of nitrogens with zero attached hydrogens (tertiary/aromatic N) is 4. The smallest absolute Gasteiger partial charge is 0.272 e. The number of imidazole rings is 1. The Balaban J connectivity index is 1.40. The minimum atomic E-state index is -0.291. The zero-order valence-electron chi connectivity index (χ0n) is 14.4. The zero-order valence-corrected chi connectivity index (χ0v) is 15.2. The van der Waals surface area contributed by atoms with Crippen LogP contribution in [0.5, 0.6) is 0 Å². The molecule has 0 atom stereocenters. The summed E-state index contributed by atoms with van der Waals surface area (Å²) in [6, 6.07) is 6.17. The normalized spacial score (nSPS) is 13.2. The van der Waals surface area contributed by atoms with Crippen LogP contribution in [-0.2, 0) is 19.4 Å². The Labute approximate surface area is 158 Å². The largest absolute Gasteiger partial charge is 0.345 e. The molecule has 136 valence electrons. The number of halogens is 1. The summed E-state index contributed by atoms with van der Waals surface area (Å²) >= 11 is 1.55. The molecule has 5 rings (SSSR count). The van der Waals surface area contributed by atoms with Crippen molar-refractivity contribution >= 4 is 22.2 Å². The van der Waals surface area contributed by atoms with Gasteiger partial charge in [0.2, 0.25) is 0 Å². The van der Waals surface area contributed by atoms with Gasteiger partial charge >= 0.3 is 0 Å². The Hall–Kier alpha value is -3.00. The molecule has 0 aliphatic heterocycles. The highest BCUT2D eigenvalue weighted by Crippen LogP contribution is 2.28. The number of hydrogen-bond donors (Lipinski definition) is 1. The summed E-state index contributed by atoms with van der Waals surface area (Å²) in [5.41, 5.74) is 4.05. The van der Waals surface area contributed by atoms with E-state index >= 15 is 0 Å². The molecule has 1 aliphatic carbocycles. The van der Waals surface area contributed by atoms with E-state index < -0.39 is 0 Å². The number of carbonyl (C=O) groups excluding carboxylic acids is 1. The van der Waals surface area contributed by atoms with Crippen LogP contribution in [-0.4, -0.2) is 25.1 Å². The molecule has 6 nitrogen and oxygen atoms in total. The highest BCUT2D eigenvalue weighted by atomic mass is 32.1. The standard InChI is InChI=1S/C19H16FN5OS/c20-12-4-6-14(7-5-12)25-16-3-1-2-15(16)17(23-25)18(26)21-10-13-11-24-8-9-27-19(24)22-13/h4-9,11H,1-3,10H2,(H,21,26). The van der Waals surface area contributed by atoms with Gasteiger partial charge in [0.1, 0.15) is 5.82 Å². The molecule has 8 heteroatoms. The maximum absolute atomic E-state index is 13.2. The van der Waals surface area contributed by atoms with Gasteiger partial charge in [-0.15, -0.1) is 11.3 Å². The SMILES string of the molecule is O=C(NCc1cn2ccsc2n1)c1nn(-c2ccc(F)cc2)c2c1CCC2. The molecule has 1 amide bonds. The van der Waals surface area contributed by atoms with Crippen molar-refractivity contribution in [1.29, 1.82) is 0 Å². The Morgan fingerprint density at radius 2 is 2.11 bits per heavy atom. The molecule has 27 heavy (non-hydrogen) atoms. The van der Waals surface area contributed by atoms with Crippen LogP contribution >= 0.6 is 11.3 Å². The van der Waals surface area contributed by atoms with Crippen LogP contribution in [0.1, 0.15) is 33.9 Å². The third-order valence-electron chi connectivity index (χ3n) is 4.79. The Bertz CT molecular complexity index is 1110. The zero-order chi connectivity index (χ0) is 18.4. The van der Waals surface area contributed by atoms with E-state index in [4.69, 9.17) is 0 Å². The van der Waals surface area contributed by atoms with Crippen LogP contribution in [0, 0.1) is 5.82 Å². The first kappa shape index (κ1) is 16.2. The van der Waals surface area contributed by atoms with Gasteiger partial charge in [0.25, 0.3) is 5.91 Å². The summed E-state index contributed by atoms with van der Waals surface area (Å²) in [7, 11) is 0. The van der Waals surface area contributed by atoms with Gasteiger partial charge in [-0.3, -0.25) is 9.20 Å². The van der Waals surface area contributed by atoms with Gasteiger partial charge < -0.3 is 5.32 Å². The van der Waals surface area contributed by atoms with Crippen LogP contribution in [0.25, 0.3) is 10.6 Å². The number of rotatable bonds is 4. The molecule has 0 radical (unpaired) electrons. The van der Waals surface area contributed by atoms with Gasteiger partial charge in [-0.2, -0.15) is 5.10 Å². The van der Waals surface area contributed by atoms with Crippen molar-refractivity contribution in [2.24, 2.45) is 0 Å². The third-order valence-corrected chi connectivity index (χ3v) is 5.56. The van der Waals surface area contributed by atoms with E-state index in [0.717, 1.165) is 46.9 Å². The number of aromatic nitrogens is 4. The van der Waals surface area contributed by atoms with Crippen molar-refractivity contribution in [3.8, 4) is 5.69 Å². The average Bonchev–Trinajstić information content (AvgIpc) is 3.40. The lowest BCUT2D eigenvalue weighted by atomic mass is 10.2. The van der Waals surface area contributed by atoms with E-state index in [1.165, 1.54) is 12.1 Å². The second-order valence-corrected chi connectivity index (χ2v) is 7.40. The molecule has 0 spiro atoms. The van der Waals surface area contributed by atoms with Gasteiger partial charge in [-0.25, -0.2) is 14.1 Å². The lowest BCUT2D eigenvalue weighted by molar-refractivity contribution is 0.0944. The van der Waals surface area contributed by atoms with Crippen LogP contribution in [0.4, 0.5) is 4.39 Å². The summed E-state index contributed by atoms with van der Waals surface area (Å²) in [6.45, 7) is 0.353. The fraction of sp³-hybridized carbons (Fsp3) is 0.211. The Morgan fingerprint density at radius 1 is 1.26 bits per heavy atom. The molecule has 0 saturated heterocycles. The number of fused-ring (bicyclic) bond motifs is 2. The summed E-state index contributed by atoms with van der Waals surface area (Å²) in [6.07, 6.45) is 6.54. The Morgan fingerprint density at radius 3 is 2.93 bits per heavy atom. The van der Waals surface area contributed by atoms with Crippen molar-refractivity contribution in [3.05, 3.63) is 70.5 Å². The molecular formula is C19H16FN5OS. The summed E-state index contributed by atoms with van der Waals surface area (Å²) in [5.74, 6) is -0.495. The molecule has 4 aromatic rings. The molecule has 0 fully saturated rings. The van der Waals surface area contributed by atoms with Gasteiger partial charge in [0.15, 0.2) is 10.7 Å². The van der Waals surface area contributed by atoms with Crippen molar-refractivity contribution < 1.29 is 9.18 Å². The van der Waals surface area contributed by atoms with E-state index in [9.17, 15) is 9.18 Å². The third kappa shape index (κ3) is 2.82. The van der Waals surface area contributed by atoms with E-state index in [1.54, 1.807) is 28.2 Å². The maximum Gasteiger partial charge on any atom is 0.272 e. The van der Waals surface area contributed by atoms with Crippen LogP contribution < -0.4 is 5.32 Å². The highest BCUT2D eigenvalue weighted by Gasteiger charge is 2.27. The number of nitrogens with one attached hydrogen (secondary N) is 1. The number of benzene rings is 1. The van der Waals surface area contributed by atoms with Crippen molar-refractivity contribution in [1.82, 2.24) is 24.5 Å². The quantitative estimate of drug-likeness (QED) is 0.591. The molecule has 3 heterocycles. The molecule has 0 unspecified atom stereocenters. The monoisotopic (exact) mass is 381 g/mol. The van der Waals surface area contributed by atoms with Crippen LogP contribution in [0.15, 0.2) is 42.0 Å². The predicted molar refractivity (Wildman–Crippen MR) is 99.8 cm³/mol. The highest BCUT2D eigenvalue weighted by molar-refractivity contribution is 7.15. The van der Waals surface area contributed by atoms with Gasteiger partial charge in [-0.05, 0) is 43.5 Å². The fourth-order valence-electron chi connectivity index (χ4n) is 3.53. The predicted octanol–water partition coefficient (Wildman–Crippen LogP) is 3.14. The molecular weight excluding hydrogens is 365 g/mol. The molecule has 3 aromatic heterocycles. The molecule has 0 bridgehead atoms. The second kappa shape index (κ2) is 6.31. The fourth-order valence-corrected chi connectivity index (χ4v) is 4.25. The van der Waals surface area contributed by atoms with E-state index in [2.05, 4.69) is 15.4 Å². The first-order valence-corrected chi connectivity index (χ1v) is 9.63. The number of hydrogen-bond acceptors (Lipinski definition) is 4. The van der Waals surface area contributed by atoms with Crippen LogP contribution in [0.2, 0.25) is 0 Å². The second-order valence-electron chi connectivity index (χ2n) is 6.52. The van der Waals surface area contributed by atoms with Crippen LogP contribution in [0.3, 0.4) is 0 Å². The van der Waals surface area contributed by atoms with Crippen molar-refractivity contribution in [3.63, 3.8) is 0 Å². The molecule has 1 aliphatic rings. The molecule has 1 N–H and O–H groups in total. The topological polar surface area (TPSA) is 64.2 Å². The van der Waals surface area contributed by atoms with E-state index in [-0.39, 0.29) is 11.7 Å². The lowest BCUT2D eigenvalue weighted by Gasteiger charge is -2.05. The first-order valence-electron chi connectivity index (χ1n) is 8.75. The van der Waals surface area contributed by atoms with Gasteiger partial charge in [0.05, 0.1) is 17.9 Å². The summed E-state index contributed by atoms with van der Waals surface area (Å²) in [4.78, 5) is 18.1. The van der Waals surface area contributed by atoms with E-state index in [0.29, 0.717) is 12.2 Å². The Kier molecular flexibility index (Phi) is 3.78. The summed E-state index contributed by atoms with van der Waals surface area (Å²) in [5, 5.41) is 9.43. The number of thiazole rings is 1. The summed E-state index contributed by atoms with van der Waals surface area (Å²) < 4.78 is 16.9. The average molecular weight is 381 g/mol. The minimum Gasteiger partial charge on any atom is -0.345 e. The van der Waals surface area contributed by atoms with Crippen molar-refractivity contribution in [2.75, 3.05) is 0 Å². The van der Waals surface area contributed by atoms with Crippen molar-refractivity contribution in [2.45, 2.75) is 25.8 Å².